The Morgan fingerprint density at radius 1 is 0.931 bits per heavy atom. The number of para-hydroxylation sites is 1. The molecule has 72 heavy (non-hydrogen) atoms. The van der Waals surface area contributed by atoms with E-state index in [-0.39, 0.29) is 54.5 Å². The van der Waals surface area contributed by atoms with Crippen molar-refractivity contribution in [3.8, 4) is 0 Å². The maximum atomic E-state index is 13.7. The number of primary amides is 1. The number of nitrogens with zero attached hydrogens (tertiary/aromatic N) is 6. The molecule has 22 heteroatoms. The molecule has 0 radical (unpaired) electrons. The van der Waals surface area contributed by atoms with Crippen molar-refractivity contribution in [3.63, 3.8) is 0 Å². The number of rotatable bonds is 26. The molecule has 2 atom stereocenters. The number of aliphatic hydroxyl groups is 1. The number of urea groups is 1. The van der Waals surface area contributed by atoms with Crippen molar-refractivity contribution in [1.29, 1.82) is 0 Å². The Bertz CT molecular complexity index is 2530. The van der Waals surface area contributed by atoms with Crippen LogP contribution < -0.4 is 47.1 Å². The average molecular weight is 1030 g/mol. The summed E-state index contributed by atoms with van der Waals surface area (Å²) in [6, 6.07) is 13.7. The number of thiazole rings is 1. The van der Waals surface area contributed by atoms with Crippen molar-refractivity contribution >= 4 is 86.6 Å². The molecule has 9 N–H and O–H groups in total. The van der Waals surface area contributed by atoms with Crippen LogP contribution in [0.15, 0.2) is 66.9 Å². The van der Waals surface area contributed by atoms with Gasteiger partial charge in [-0.15, -0.1) is 0 Å². The van der Waals surface area contributed by atoms with Crippen molar-refractivity contribution in [1.82, 2.24) is 35.7 Å². The SMILES string of the molecule is Cc1cccc(Cl)c1NC(=O)c1cnc(Nc2cc(N3CCN(CCO)CC3)[n+](Cc3ccc(NC[C@H](CCCNC(N)=O)NC(=O)[C@@H](NC(=O)CCCCCN4C(=O)C=CC4=O)C(C)C)cc3)c(C)n2)s1. The van der Waals surface area contributed by atoms with E-state index in [1.54, 1.807) is 6.07 Å². The number of nitrogens with one attached hydrogen (secondary N) is 6. The van der Waals surface area contributed by atoms with E-state index in [1.807, 2.05) is 70.2 Å². The van der Waals surface area contributed by atoms with Gasteiger partial charge in [0, 0.05) is 76.5 Å². The third kappa shape index (κ3) is 15.9. The molecule has 7 amide bonds. The van der Waals surface area contributed by atoms with E-state index in [4.69, 9.17) is 22.3 Å². The number of hydrogen-bond acceptors (Lipinski definition) is 14. The fourth-order valence-electron chi connectivity index (χ4n) is 8.40. The summed E-state index contributed by atoms with van der Waals surface area (Å²) in [6.07, 6.45) is 7.02. The normalized spacial score (nSPS) is 14.6. The molecular weight excluding hydrogens is 962 g/mol. The van der Waals surface area contributed by atoms with Crippen molar-refractivity contribution in [2.75, 3.05) is 79.8 Å². The summed E-state index contributed by atoms with van der Waals surface area (Å²) in [5, 5.41) is 28.8. The molecule has 0 aliphatic carbocycles. The summed E-state index contributed by atoms with van der Waals surface area (Å²) in [7, 11) is 0. The van der Waals surface area contributed by atoms with E-state index >= 15 is 0 Å². The third-order valence-corrected chi connectivity index (χ3v) is 13.7. The quantitative estimate of drug-likeness (QED) is 0.0249. The lowest BCUT2D eigenvalue weighted by Crippen LogP contribution is -2.53. The van der Waals surface area contributed by atoms with Gasteiger partial charge in [-0.05, 0) is 67.9 Å². The predicted molar refractivity (Wildman–Crippen MR) is 278 cm³/mol. The van der Waals surface area contributed by atoms with Gasteiger partial charge >= 0.3 is 6.03 Å². The highest BCUT2D eigenvalue weighted by Crippen LogP contribution is 2.29. The average Bonchev–Trinajstić information content (AvgIpc) is 3.95. The van der Waals surface area contributed by atoms with E-state index in [0.29, 0.717) is 91.4 Å². The first-order valence-corrected chi connectivity index (χ1v) is 25.6. The number of halogens is 1. The van der Waals surface area contributed by atoms with Crippen molar-refractivity contribution < 1.29 is 38.4 Å². The highest BCUT2D eigenvalue weighted by molar-refractivity contribution is 7.17. The number of β-amino-alcohol motifs (C(OH)–C–C–N with tert-alkyl or cyclic N) is 1. The van der Waals surface area contributed by atoms with Crippen LogP contribution in [-0.2, 0) is 25.7 Å². The van der Waals surface area contributed by atoms with Gasteiger partial charge in [-0.3, -0.25) is 38.7 Å². The summed E-state index contributed by atoms with van der Waals surface area (Å²) < 4.78 is 2.16. The number of aliphatic hydroxyl groups excluding tert-OH is 1. The third-order valence-electron chi connectivity index (χ3n) is 12.4. The zero-order chi connectivity index (χ0) is 51.7. The minimum Gasteiger partial charge on any atom is -0.395 e. The fourth-order valence-corrected chi connectivity index (χ4v) is 9.39. The molecule has 4 aromatic rings. The van der Waals surface area contributed by atoms with Gasteiger partial charge in [0.2, 0.25) is 29.3 Å². The molecule has 1 fully saturated rings. The molecule has 0 saturated carbocycles. The smallest absolute Gasteiger partial charge is 0.312 e. The molecule has 6 rings (SSSR count). The Labute approximate surface area is 429 Å². The van der Waals surface area contributed by atoms with E-state index in [9.17, 15) is 33.9 Å². The van der Waals surface area contributed by atoms with Crippen LogP contribution in [0.25, 0.3) is 0 Å². The van der Waals surface area contributed by atoms with Gasteiger partial charge in [0.25, 0.3) is 17.7 Å². The second kappa shape index (κ2) is 26.7. The van der Waals surface area contributed by atoms with Gasteiger partial charge in [0.1, 0.15) is 10.9 Å². The summed E-state index contributed by atoms with van der Waals surface area (Å²) in [5.74, 6) is 0.514. The molecule has 0 bridgehead atoms. The molecule has 0 unspecified atom stereocenters. The number of piperazine rings is 1. The van der Waals surface area contributed by atoms with Crippen LogP contribution in [0.3, 0.4) is 0 Å². The minimum atomic E-state index is -0.785. The van der Waals surface area contributed by atoms with E-state index in [2.05, 4.69) is 51.3 Å². The lowest BCUT2D eigenvalue weighted by atomic mass is 10.0. The standard InChI is InChI=1S/C50H66ClN13O7S/c1-32(2)45(59-41(66)13-6-5-7-21-63-43(67)18-19-44(63)68)48(70)57-37(11-9-20-53-49(52)71)29-54-36-16-14-35(15-17-36)31-64-34(4)56-40(28-42(64)62-24-22-61(23-25-62)26-27-65)58-50-55-30-39(72-50)47(69)60-46-33(3)10-8-12-38(46)51/h8,10,12,14-19,28,30,32,37,45,54,65H,5-7,9,11,13,20-27,29,31H2,1-4H3,(H6,52,53,57,59,60,66,69,70,71)/p+1/t37-,45-/m0/s1. The van der Waals surface area contributed by atoms with Gasteiger partial charge in [0.05, 0.1) is 49.2 Å². The van der Waals surface area contributed by atoms with Crippen LogP contribution in [0, 0.1) is 19.8 Å². The van der Waals surface area contributed by atoms with Crippen LogP contribution in [0.2, 0.25) is 5.02 Å². The van der Waals surface area contributed by atoms with E-state index < -0.39 is 12.1 Å². The number of carbonyl (C=O) groups is 6. The molecule has 2 aromatic carbocycles. The topological polar surface area (TPSA) is 260 Å². The largest absolute Gasteiger partial charge is 0.395 e. The Morgan fingerprint density at radius 2 is 1.67 bits per heavy atom. The Morgan fingerprint density at radius 3 is 2.35 bits per heavy atom. The van der Waals surface area contributed by atoms with Crippen LogP contribution in [-0.4, -0.2) is 131 Å². The first-order valence-electron chi connectivity index (χ1n) is 24.4. The molecule has 2 aromatic heterocycles. The number of aromatic nitrogens is 3. The number of amides is 7. The summed E-state index contributed by atoms with van der Waals surface area (Å²) in [6.45, 7) is 12.8. The molecule has 4 heterocycles. The number of imide groups is 1. The number of anilines is 5. The second-order valence-corrected chi connectivity index (χ2v) is 19.6. The first kappa shape index (κ1) is 54.6. The number of benzene rings is 2. The molecule has 20 nitrogen and oxygen atoms in total. The summed E-state index contributed by atoms with van der Waals surface area (Å²) >= 11 is 7.57. The molecule has 2 aliphatic rings. The predicted octanol–water partition coefficient (Wildman–Crippen LogP) is 4.23. The fraction of sp³-hybridized carbons (Fsp3) is 0.460. The molecule has 1 saturated heterocycles. The Kier molecular flexibility index (Phi) is 20.2. The number of hydrogen-bond donors (Lipinski definition) is 8. The number of nitrogens with two attached hydrogens (primary N) is 1. The van der Waals surface area contributed by atoms with Crippen LogP contribution in [0.5, 0.6) is 0 Å². The van der Waals surface area contributed by atoms with Crippen LogP contribution >= 0.6 is 22.9 Å². The summed E-state index contributed by atoms with van der Waals surface area (Å²) in [4.78, 5) is 90.5. The van der Waals surface area contributed by atoms with Crippen molar-refractivity contribution in [2.24, 2.45) is 11.7 Å². The van der Waals surface area contributed by atoms with Crippen molar-refractivity contribution in [3.05, 3.63) is 93.7 Å². The van der Waals surface area contributed by atoms with Gasteiger partial charge in [-0.2, -0.15) is 0 Å². The Hall–Kier alpha value is -6.68. The highest BCUT2D eigenvalue weighted by atomic mass is 35.5. The van der Waals surface area contributed by atoms with Crippen LogP contribution in [0.4, 0.5) is 32.9 Å². The number of carbonyl (C=O) groups excluding carboxylic acids is 6. The number of aryl methyl sites for hydroxylation is 2. The zero-order valence-corrected chi connectivity index (χ0v) is 42.9. The van der Waals surface area contributed by atoms with Crippen LogP contribution in [0.1, 0.15) is 79.0 Å². The lowest BCUT2D eigenvalue weighted by Gasteiger charge is -2.33. The van der Waals surface area contributed by atoms with Gasteiger partial charge in [-0.1, -0.05) is 72.5 Å². The number of unbranched alkanes of at least 4 members (excludes halogenated alkanes) is 2. The maximum absolute atomic E-state index is 13.7. The first-order chi connectivity index (χ1) is 34.6. The van der Waals surface area contributed by atoms with Gasteiger partial charge in [0.15, 0.2) is 5.13 Å². The molecule has 386 valence electrons. The monoisotopic (exact) mass is 1030 g/mol. The zero-order valence-electron chi connectivity index (χ0n) is 41.3. The maximum Gasteiger partial charge on any atom is 0.312 e. The highest BCUT2D eigenvalue weighted by Gasteiger charge is 2.29. The molecular formula is C50H67ClN13O7S+. The molecule has 0 spiro atoms. The van der Waals surface area contributed by atoms with E-state index in [1.165, 1.54) is 34.6 Å². The van der Waals surface area contributed by atoms with Gasteiger partial charge < -0.3 is 42.7 Å². The lowest BCUT2D eigenvalue weighted by molar-refractivity contribution is -0.685. The Balaban J connectivity index is 1.09. The molecule has 2 aliphatic heterocycles. The van der Waals surface area contributed by atoms with E-state index in [0.717, 1.165) is 54.6 Å². The minimum absolute atomic E-state index is 0.0968. The second-order valence-electron chi connectivity index (χ2n) is 18.2. The van der Waals surface area contributed by atoms with Gasteiger partial charge in [-0.25, -0.2) is 14.3 Å². The summed E-state index contributed by atoms with van der Waals surface area (Å²) in [5.41, 5.74) is 8.55. The van der Waals surface area contributed by atoms with Crippen molar-refractivity contribution in [2.45, 2.75) is 84.8 Å².